The van der Waals surface area contributed by atoms with E-state index in [1.54, 1.807) is 50.7 Å². The maximum absolute atomic E-state index is 12.3. The van der Waals surface area contributed by atoms with Crippen LogP contribution in [0.5, 0.6) is 0 Å². The molecule has 2 amide bonds. The average molecular weight is 975 g/mol. The Morgan fingerprint density at radius 2 is 1.15 bits per heavy atom. The number of amides is 2. The number of anilines is 2. The standard InChI is InChI=1S/2C17H22IN5O4/c1-17(2,3)27-16(24)22-7-5-21(6-8-22)15-11-10-20(4)19-14(11)12(18)9-13(15)23(25)26;1-17(2,3)27-16(24)22-7-5-21(6-8-22)15-11-10-19-20(4)14(11)12(18)9-13(15)23(25)26/h2*9-10H,5-8H2,1-4H3. The highest BCUT2D eigenvalue weighted by Gasteiger charge is 2.33. The fourth-order valence-electron chi connectivity index (χ4n) is 6.34. The summed E-state index contributed by atoms with van der Waals surface area (Å²) in [5.41, 5.74) is 1.76. The maximum atomic E-state index is 12.3. The molecule has 20 heteroatoms. The summed E-state index contributed by atoms with van der Waals surface area (Å²) < 4.78 is 15.7. The van der Waals surface area contributed by atoms with Crippen LogP contribution in [0.15, 0.2) is 24.5 Å². The highest BCUT2D eigenvalue weighted by molar-refractivity contribution is 14.1. The summed E-state index contributed by atoms with van der Waals surface area (Å²) in [7, 11) is 3.62. The molecule has 0 radical (unpaired) electrons. The summed E-state index contributed by atoms with van der Waals surface area (Å²) in [5, 5.41) is 33.5. The Labute approximate surface area is 339 Å². The normalized spacial score (nSPS) is 15.3. The van der Waals surface area contributed by atoms with Crippen molar-refractivity contribution in [3.05, 3.63) is 51.9 Å². The second-order valence-corrected chi connectivity index (χ2v) is 17.3. The smallest absolute Gasteiger partial charge is 0.410 e. The lowest BCUT2D eigenvalue weighted by molar-refractivity contribution is -0.384. The van der Waals surface area contributed by atoms with Gasteiger partial charge in [-0.15, -0.1) is 0 Å². The number of halogens is 2. The SMILES string of the molecule is Cn1cc2c(N3CCN(C(=O)OC(C)(C)C)CC3)c([N+](=O)[O-])cc(I)c2n1.Cn1ncc2c(N3CCN(C(=O)OC(C)(C)C)CC3)c([N+](=O)[O-])cc(I)c21. The van der Waals surface area contributed by atoms with Gasteiger partial charge in [-0.1, -0.05) is 0 Å². The molecule has 2 aliphatic rings. The summed E-state index contributed by atoms with van der Waals surface area (Å²) in [5.74, 6) is 0. The number of nitrogens with zero attached hydrogens (tertiary/aromatic N) is 10. The van der Waals surface area contributed by atoms with Crippen molar-refractivity contribution in [1.29, 1.82) is 0 Å². The van der Waals surface area contributed by atoms with Gasteiger partial charge in [-0.2, -0.15) is 10.2 Å². The van der Waals surface area contributed by atoms with Gasteiger partial charge in [-0.25, -0.2) is 9.59 Å². The molecule has 0 unspecified atom stereocenters. The van der Waals surface area contributed by atoms with Crippen LogP contribution >= 0.6 is 45.2 Å². The molecule has 2 aromatic carbocycles. The largest absolute Gasteiger partial charge is 0.444 e. The first kappa shape index (κ1) is 41.0. The van der Waals surface area contributed by atoms with Gasteiger partial charge in [0.1, 0.15) is 28.1 Å². The van der Waals surface area contributed by atoms with Crippen LogP contribution in [0.2, 0.25) is 0 Å². The number of nitro groups is 2. The molecule has 2 fully saturated rings. The van der Waals surface area contributed by atoms with E-state index in [2.05, 4.69) is 55.4 Å². The second kappa shape index (κ2) is 15.9. The van der Waals surface area contributed by atoms with Crippen molar-refractivity contribution < 1.29 is 28.9 Å². The zero-order valence-corrected chi connectivity index (χ0v) is 35.8. The van der Waals surface area contributed by atoms with Gasteiger partial charge >= 0.3 is 12.2 Å². The number of benzene rings is 2. The molecule has 4 heterocycles. The molecule has 0 N–H and O–H groups in total. The number of hydrogen-bond donors (Lipinski definition) is 0. The van der Waals surface area contributed by atoms with Crippen molar-refractivity contribution in [2.45, 2.75) is 52.7 Å². The number of hydrogen-bond acceptors (Lipinski definition) is 12. The minimum absolute atomic E-state index is 0.0608. The van der Waals surface area contributed by atoms with Crippen molar-refractivity contribution in [2.24, 2.45) is 14.1 Å². The van der Waals surface area contributed by atoms with Crippen LogP contribution < -0.4 is 9.80 Å². The van der Waals surface area contributed by atoms with Crippen LogP contribution in [-0.4, -0.2) is 115 Å². The molecule has 2 aliphatic heterocycles. The average Bonchev–Trinajstić information content (AvgIpc) is 3.66. The molecule has 6 rings (SSSR count). The lowest BCUT2D eigenvalue weighted by Gasteiger charge is -2.36. The third kappa shape index (κ3) is 9.17. The second-order valence-electron chi connectivity index (χ2n) is 15.0. The van der Waals surface area contributed by atoms with Gasteiger partial charge in [-0.05, 0) is 86.7 Å². The van der Waals surface area contributed by atoms with E-state index in [0.717, 1.165) is 28.9 Å². The molecule has 18 nitrogen and oxygen atoms in total. The third-order valence-electron chi connectivity index (χ3n) is 8.63. The highest BCUT2D eigenvalue weighted by Crippen LogP contribution is 2.40. The topological polar surface area (TPSA) is 187 Å². The molecule has 0 aliphatic carbocycles. The number of rotatable bonds is 4. The first-order valence-corrected chi connectivity index (χ1v) is 19.4. The van der Waals surface area contributed by atoms with Crippen LogP contribution in [0, 0.1) is 27.4 Å². The van der Waals surface area contributed by atoms with Crippen LogP contribution in [0.3, 0.4) is 0 Å². The molecular weight excluding hydrogens is 930 g/mol. The molecule has 2 aromatic heterocycles. The molecule has 0 atom stereocenters. The van der Waals surface area contributed by atoms with Gasteiger partial charge in [-0.3, -0.25) is 29.6 Å². The molecule has 2 saturated heterocycles. The predicted molar refractivity (Wildman–Crippen MR) is 220 cm³/mol. The maximum Gasteiger partial charge on any atom is 0.410 e. The van der Waals surface area contributed by atoms with Crippen LogP contribution in [-0.2, 0) is 23.6 Å². The molecule has 0 spiro atoms. The van der Waals surface area contributed by atoms with Crippen molar-refractivity contribution in [3.63, 3.8) is 0 Å². The fraction of sp³-hybridized carbons (Fsp3) is 0.529. The number of carbonyl (C=O) groups excluding carboxylic acids is 2. The van der Waals surface area contributed by atoms with Crippen molar-refractivity contribution in [3.8, 4) is 0 Å². The quantitative estimate of drug-likeness (QED) is 0.127. The zero-order chi connectivity index (χ0) is 39.9. The molecule has 292 valence electrons. The Morgan fingerprint density at radius 1 is 0.722 bits per heavy atom. The number of ether oxygens (including phenoxy) is 2. The van der Waals surface area contributed by atoms with E-state index in [9.17, 15) is 29.8 Å². The highest BCUT2D eigenvalue weighted by atomic mass is 127. The van der Waals surface area contributed by atoms with Crippen molar-refractivity contribution in [1.82, 2.24) is 29.4 Å². The molecule has 4 aromatic rings. The lowest BCUT2D eigenvalue weighted by atomic mass is 10.1. The summed E-state index contributed by atoms with van der Waals surface area (Å²) in [6, 6.07) is 3.14. The minimum atomic E-state index is -0.551. The van der Waals surface area contributed by atoms with Gasteiger partial charge in [0, 0.05) is 91.9 Å². The number of piperazine rings is 2. The van der Waals surface area contributed by atoms with Crippen molar-refractivity contribution in [2.75, 3.05) is 62.2 Å². The number of aryl methyl sites for hydroxylation is 2. The lowest BCUT2D eigenvalue weighted by Crippen LogP contribution is -2.50. The Balaban J connectivity index is 0.000000208. The van der Waals surface area contributed by atoms with Gasteiger partial charge < -0.3 is 29.1 Å². The number of nitro benzene ring substituents is 2. The van der Waals surface area contributed by atoms with Gasteiger partial charge in [0.15, 0.2) is 0 Å². The number of carbonyl (C=O) groups is 2. The van der Waals surface area contributed by atoms with E-state index in [-0.39, 0.29) is 33.4 Å². The molecule has 0 bridgehead atoms. The summed E-state index contributed by atoms with van der Waals surface area (Å²) in [6.45, 7) is 14.7. The third-order valence-corrected chi connectivity index (χ3v) is 10.3. The van der Waals surface area contributed by atoms with E-state index in [0.29, 0.717) is 63.7 Å². The Kier molecular flexibility index (Phi) is 12.0. The van der Waals surface area contributed by atoms with Gasteiger partial charge in [0.2, 0.25) is 0 Å². The molecule has 54 heavy (non-hydrogen) atoms. The number of fused-ring (bicyclic) bond motifs is 2. The minimum Gasteiger partial charge on any atom is -0.444 e. The molecule has 0 saturated carbocycles. The van der Waals surface area contributed by atoms with Gasteiger partial charge in [0.05, 0.1) is 32.3 Å². The summed E-state index contributed by atoms with van der Waals surface area (Å²) in [4.78, 5) is 54.3. The van der Waals surface area contributed by atoms with E-state index in [1.165, 1.54) is 0 Å². The van der Waals surface area contributed by atoms with Crippen LogP contribution in [0.4, 0.5) is 32.3 Å². The predicted octanol–water partition coefficient (Wildman–Crippen LogP) is 6.29. The van der Waals surface area contributed by atoms with E-state index < -0.39 is 11.2 Å². The Morgan fingerprint density at radius 3 is 1.57 bits per heavy atom. The number of aromatic nitrogens is 4. The zero-order valence-electron chi connectivity index (χ0n) is 31.5. The first-order chi connectivity index (χ1) is 25.1. The first-order valence-electron chi connectivity index (χ1n) is 17.2. The van der Waals surface area contributed by atoms with Crippen molar-refractivity contribution >= 4 is 102 Å². The van der Waals surface area contributed by atoms with E-state index in [1.807, 2.05) is 58.4 Å². The van der Waals surface area contributed by atoms with E-state index >= 15 is 0 Å². The summed E-state index contributed by atoms with van der Waals surface area (Å²) in [6.07, 6.45) is 2.76. The molecular formula is C34H44I2N10O8. The Hall–Kier alpha value is -4.22. The summed E-state index contributed by atoms with van der Waals surface area (Å²) >= 11 is 4.17. The van der Waals surface area contributed by atoms with Crippen LogP contribution in [0.1, 0.15) is 41.5 Å². The van der Waals surface area contributed by atoms with Crippen LogP contribution in [0.25, 0.3) is 21.8 Å². The monoisotopic (exact) mass is 974 g/mol. The van der Waals surface area contributed by atoms with E-state index in [4.69, 9.17) is 9.47 Å². The Bertz CT molecular complexity index is 2020. The van der Waals surface area contributed by atoms with Gasteiger partial charge in [0.25, 0.3) is 11.4 Å². The fourth-order valence-corrected chi connectivity index (χ4v) is 7.97.